The van der Waals surface area contributed by atoms with Gasteiger partial charge in [0.25, 0.3) is 0 Å². The van der Waals surface area contributed by atoms with Crippen molar-refractivity contribution in [3.05, 3.63) is 35.9 Å². The number of carbonyl (C=O) groups excluding carboxylic acids is 2. The number of nitrogens with zero attached hydrogens (tertiary/aromatic N) is 2. The standard InChI is InChI=1S/C22H32N2O2/c1-2-9-20(18-10-5-3-6-11-18)22(26)24-16-12-19(13-17-24)21(25)23-14-7-4-8-15-23/h3,5-6,10-11,19-20H,2,4,7-9,12-17H2,1H3. The van der Waals surface area contributed by atoms with Crippen molar-refractivity contribution in [1.29, 1.82) is 0 Å². The van der Waals surface area contributed by atoms with Crippen LogP contribution in [0.25, 0.3) is 0 Å². The molecule has 3 rings (SSSR count). The summed E-state index contributed by atoms with van der Waals surface area (Å²) in [6, 6.07) is 10.1. The summed E-state index contributed by atoms with van der Waals surface area (Å²) in [7, 11) is 0. The van der Waals surface area contributed by atoms with Gasteiger partial charge in [-0.25, -0.2) is 0 Å². The van der Waals surface area contributed by atoms with E-state index in [-0.39, 0.29) is 17.7 Å². The molecular formula is C22H32N2O2. The van der Waals surface area contributed by atoms with Crippen LogP contribution in [0.1, 0.15) is 63.4 Å². The molecule has 2 heterocycles. The second-order valence-corrected chi connectivity index (χ2v) is 7.74. The zero-order chi connectivity index (χ0) is 18.4. The lowest BCUT2D eigenvalue weighted by Gasteiger charge is -2.37. The Labute approximate surface area is 157 Å². The van der Waals surface area contributed by atoms with E-state index in [1.165, 1.54) is 6.42 Å². The molecule has 26 heavy (non-hydrogen) atoms. The number of likely N-dealkylation sites (tertiary alicyclic amines) is 2. The van der Waals surface area contributed by atoms with E-state index < -0.39 is 0 Å². The molecule has 0 saturated carbocycles. The Morgan fingerprint density at radius 1 is 0.962 bits per heavy atom. The quantitative estimate of drug-likeness (QED) is 0.805. The van der Waals surface area contributed by atoms with Crippen LogP contribution in [0.3, 0.4) is 0 Å². The molecule has 2 saturated heterocycles. The molecule has 0 N–H and O–H groups in total. The lowest BCUT2D eigenvalue weighted by Crippen LogP contribution is -2.46. The van der Waals surface area contributed by atoms with Gasteiger partial charge in [-0.05, 0) is 44.1 Å². The van der Waals surface area contributed by atoms with Gasteiger partial charge < -0.3 is 9.80 Å². The molecule has 0 aliphatic carbocycles. The maximum Gasteiger partial charge on any atom is 0.230 e. The van der Waals surface area contributed by atoms with Crippen LogP contribution in [0.15, 0.2) is 30.3 Å². The summed E-state index contributed by atoms with van der Waals surface area (Å²) in [5.74, 6) is 0.626. The molecule has 1 atom stereocenters. The number of hydrogen-bond acceptors (Lipinski definition) is 2. The van der Waals surface area contributed by atoms with Gasteiger partial charge >= 0.3 is 0 Å². The molecule has 2 amide bonds. The third-order valence-corrected chi connectivity index (χ3v) is 5.90. The Hall–Kier alpha value is -1.84. The number of hydrogen-bond donors (Lipinski definition) is 0. The highest BCUT2D eigenvalue weighted by Crippen LogP contribution is 2.28. The summed E-state index contributed by atoms with van der Waals surface area (Å²) < 4.78 is 0. The van der Waals surface area contributed by atoms with Crippen molar-refractivity contribution >= 4 is 11.8 Å². The minimum Gasteiger partial charge on any atom is -0.342 e. The van der Waals surface area contributed by atoms with Crippen LogP contribution in [-0.4, -0.2) is 47.8 Å². The summed E-state index contributed by atoms with van der Waals surface area (Å²) in [6.45, 7) is 5.41. The van der Waals surface area contributed by atoms with Gasteiger partial charge in [-0.2, -0.15) is 0 Å². The van der Waals surface area contributed by atoms with E-state index in [4.69, 9.17) is 0 Å². The van der Waals surface area contributed by atoms with Crippen molar-refractivity contribution < 1.29 is 9.59 Å². The van der Waals surface area contributed by atoms with Crippen LogP contribution >= 0.6 is 0 Å². The Bertz CT molecular complexity index is 587. The zero-order valence-corrected chi connectivity index (χ0v) is 16.0. The van der Waals surface area contributed by atoms with E-state index in [0.717, 1.165) is 70.3 Å². The Kier molecular flexibility index (Phi) is 6.70. The molecule has 0 aromatic heterocycles. The topological polar surface area (TPSA) is 40.6 Å². The van der Waals surface area contributed by atoms with Crippen molar-refractivity contribution in [2.75, 3.05) is 26.2 Å². The van der Waals surface area contributed by atoms with E-state index in [1.54, 1.807) is 0 Å². The fourth-order valence-electron chi connectivity index (χ4n) is 4.35. The fraction of sp³-hybridized carbons (Fsp3) is 0.636. The molecule has 1 aromatic carbocycles. The second kappa shape index (κ2) is 9.20. The highest BCUT2D eigenvalue weighted by molar-refractivity contribution is 5.84. The fourth-order valence-corrected chi connectivity index (χ4v) is 4.35. The van der Waals surface area contributed by atoms with E-state index in [2.05, 4.69) is 24.0 Å². The highest BCUT2D eigenvalue weighted by Gasteiger charge is 2.33. The van der Waals surface area contributed by atoms with Gasteiger partial charge in [-0.1, -0.05) is 43.7 Å². The van der Waals surface area contributed by atoms with Crippen LogP contribution in [0.4, 0.5) is 0 Å². The van der Waals surface area contributed by atoms with Gasteiger partial charge in [0.05, 0.1) is 5.92 Å². The third-order valence-electron chi connectivity index (χ3n) is 5.90. The number of benzene rings is 1. The predicted octanol–water partition coefficient (Wildman–Crippen LogP) is 3.82. The van der Waals surface area contributed by atoms with Crippen molar-refractivity contribution in [1.82, 2.24) is 9.80 Å². The molecule has 142 valence electrons. The first-order valence-corrected chi connectivity index (χ1v) is 10.3. The highest BCUT2D eigenvalue weighted by atomic mass is 16.2. The van der Waals surface area contributed by atoms with Crippen LogP contribution in [0.2, 0.25) is 0 Å². The molecule has 2 aliphatic heterocycles. The number of amides is 2. The summed E-state index contributed by atoms with van der Waals surface area (Å²) in [5.41, 5.74) is 1.12. The summed E-state index contributed by atoms with van der Waals surface area (Å²) in [5, 5.41) is 0. The summed E-state index contributed by atoms with van der Waals surface area (Å²) >= 11 is 0. The van der Waals surface area contributed by atoms with Gasteiger partial charge in [0.2, 0.25) is 11.8 Å². The minimum absolute atomic E-state index is 0.0458. The molecule has 1 aromatic rings. The lowest BCUT2D eigenvalue weighted by atomic mass is 9.90. The second-order valence-electron chi connectivity index (χ2n) is 7.74. The molecule has 0 spiro atoms. The van der Waals surface area contributed by atoms with Crippen LogP contribution in [0, 0.1) is 5.92 Å². The van der Waals surface area contributed by atoms with Gasteiger partial charge in [0.15, 0.2) is 0 Å². The summed E-state index contributed by atoms with van der Waals surface area (Å²) in [6.07, 6.45) is 7.03. The largest absolute Gasteiger partial charge is 0.342 e. The van der Waals surface area contributed by atoms with Crippen molar-refractivity contribution in [2.45, 2.75) is 57.8 Å². The van der Waals surface area contributed by atoms with Crippen molar-refractivity contribution in [2.24, 2.45) is 5.92 Å². The molecule has 2 fully saturated rings. The average Bonchev–Trinajstić information content (AvgIpc) is 2.72. The van der Waals surface area contributed by atoms with Crippen LogP contribution < -0.4 is 0 Å². The van der Waals surface area contributed by atoms with Gasteiger partial charge in [0.1, 0.15) is 0 Å². The van der Waals surface area contributed by atoms with E-state index in [1.807, 2.05) is 23.1 Å². The van der Waals surface area contributed by atoms with E-state index >= 15 is 0 Å². The number of carbonyl (C=O) groups is 2. The van der Waals surface area contributed by atoms with Crippen LogP contribution in [0.5, 0.6) is 0 Å². The molecule has 4 nitrogen and oxygen atoms in total. The third kappa shape index (κ3) is 4.46. The van der Waals surface area contributed by atoms with Gasteiger partial charge in [0, 0.05) is 32.1 Å². The lowest BCUT2D eigenvalue weighted by molar-refractivity contribution is -0.142. The summed E-state index contributed by atoms with van der Waals surface area (Å²) in [4.78, 5) is 29.9. The molecule has 0 radical (unpaired) electrons. The first-order chi connectivity index (χ1) is 12.7. The van der Waals surface area contributed by atoms with E-state index in [0.29, 0.717) is 5.91 Å². The van der Waals surface area contributed by atoms with Crippen molar-refractivity contribution in [3.8, 4) is 0 Å². The zero-order valence-electron chi connectivity index (χ0n) is 16.0. The van der Waals surface area contributed by atoms with Crippen molar-refractivity contribution in [3.63, 3.8) is 0 Å². The van der Waals surface area contributed by atoms with Crippen LogP contribution in [-0.2, 0) is 9.59 Å². The molecule has 0 bridgehead atoms. The SMILES string of the molecule is CCCC(C(=O)N1CCC(C(=O)N2CCCCC2)CC1)c1ccccc1. The Balaban J connectivity index is 1.57. The van der Waals surface area contributed by atoms with E-state index in [9.17, 15) is 9.59 Å². The molecule has 4 heteroatoms. The average molecular weight is 357 g/mol. The number of rotatable bonds is 5. The Morgan fingerprint density at radius 3 is 2.23 bits per heavy atom. The smallest absolute Gasteiger partial charge is 0.230 e. The monoisotopic (exact) mass is 356 g/mol. The maximum atomic E-state index is 13.1. The predicted molar refractivity (Wildman–Crippen MR) is 104 cm³/mol. The van der Waals surface area contributed by atoms with Gasteiger partial charge in [-0.3, -0.25) is 9.59 Å². The first-order valence-electron chi connectivity index (χ1n) is 10.3. The minimum atomic E-state index is -0.0458. The first kappa shape index (κ1) is 18.9. The molecular weight excluding hydrogens is 324 g/mol. The van der Waals surface area contributed by atoms with Gasteiger partial charge in [-0.15, -0.1) is 0 Å². The molecule has 2 aliphatic rings. The normalized spacial score (nSPS) is 20.0. The maximum absolute atomic E-state index is 13.1. The number of piperidine rings is 2. The molecule has 1 unspecified atom stereocenters. The Morgan fingerprint density at radius 2 is 1.62 bits per heavy atom.